The average Bonchev–Trinajstić information content (AvgIpc) is 2.60. The van der Waals surface area contributed by atoms with E-state index < -0.39 is 10.0 Å². The van der Waals surface area contributed by atoms with Crippen molar-refractivity contribution in [3.8, 4) is 0 Å². The van der Waals surface area contributed by atoms with Crippen molar-refractivity contribution in [1.29, 1.82) is 0 Å². The molecular formula is C18H20N2O3S. The summed E-state index contributed by atoms with van der Waals surface area (Å²) in [5.41, 5.74) is 1.33. The Balaban J connectivity index is 2.18. The maximum atomic E-state index is 12.5. The molecule has 0 unspecified atom stereocenters. The number of carbonyl (C=O) groups is 1. The largest absolute Gasteiger partial charge is 0.337 e. The number of hydrogen-bond acceptors (Lipinski definition) is 3. The van der Waals surface area contributed by atoms with Crippen LogP contribution in [0.15, 0.2) is 72.1 Å². The van der Waals surface area contributed by atoms with Gasteiger partial charge in [-0.3, -0.25) is 4.79 Å². The molecule has 2 rings (SSSR count). The molecule has 0 aliphatic rings. The quantitative estimate of drug-likeness (QED) is 0.785. The smallest absolute Gasteiger partial charge is 0.253 e. The summed E-state index contributed by atoms with van der Waals surface area (Å²) < 4.78 is 26.7. The van der Waals surface area contributed by atoms with Gasteiger partial charge in [0, 0.05) is 25.7 Å². The van der Waals surface area contributed by atoms with Gasteiger partial charge >= 0.3 is 0 Å². The van der Waals surface area contributed by atoms with Crippen LogP contribution in [0, 0.1) is 0 Å². The minimum atomic E-state index is -3.66. The highest BCUT2D eigenvalue weighted by molar-refractivity contribution is 7.89. The predicted molar refractivity (Wildman–Crippen MR) is 94.1 cm³/mol. The molecule has 1 amide bonds. The fourth-order valence-corrected chi connectivity index (χ4v) is 3.24. The fourth-order valence-electron chi connectivity index (χ4n) is 2.20. The van der Waals surface area contributed by atoms with Gasteiger partial charge in [0.05, 0.1) is 4.90 Å². The van der Waals surface area contributed by atoms with E-state index in [-0.39, 0.29) is 17.3 Å². The zero-order valence-corrected chi connectivity index (χ0v) is 14.3. The number of sulfonamides is 1. The summed E-state index contributed by atoms with van der Waals surface area (Å²) in [6, 6.07) is 15.6. The molecule has 2 aromatic rings. The maximum Gasteiger partial charge on any atom is 0.253 e. The van der Waals surface area contributed by atoms with Crippen molar-refractivity contribution >= 4 is 15.9 Å². The van der Waals surface area contributed by atoms with E-state index >= 15 is 0 Å². The molecule has 2 aromatic carbocycles. The molecule has 0 aliphatic carbocycles. The summed E-state index contributed by atoms with van der Waals surface area (Å²) in [6.45, 7) is 4.06. The highest BCUT2D eigenvalue weighted by Crippen LogP contribution is 2.14. The zero-order chi connectivity index (χ0) is 17.6. The summed E-state index contributed by atoms with van der Waals surface area (Å²) >= 11 is 0. The van der Waals surface area contributed by atoms with Crippen molar-refractivity contribution in [2.75, 3.05) is 13.6 Å². The van der Waals surface area contributed by atoms with Gasteiger partial charge in [0.15, 0.2) is 0 Å². The van der Waals surface area contributed by atoms with Gasteiger partial charge in [0.2, 0.25) is 10.0 Å². The molecule has 0 saturated carbocycles. The number of nitrogens with zero attached hydrogens (tertiary/aromatic N) is 1. The Morgan fingerprint density at radius 1 is 1.17 bits per heavy atom. The molecule has 1 N–H and O–H groups in total. The number of carbonyl (C=O) groups excluding carboxylic acids is 1. The van der Waals surface area contributed by atoms with Crippen LogP contribution in [0.25, 0.3) is 0 Å². The van der Waals surface area contributed by atoms with Crippen molar-refractivity contribution in [3.05, 3.63) is 78.4 Å². The number of rotatable bonds is 7. The normalized spacial score (nSPS) is 11.0. The zero-order valence-electron chi connectivity index (χ0n) is 13.5. The molecule has 0 radical (unpaired) electrons. The Labute approximate surface area is 142 Å². The molecule has 0 fully saturated rings. The first-order valence-corrected chi connectivity index (χ1v) is 8.92. The van der Waals surface area contributed by atoms with Gasteiger partial charge in [0.25, 0.3) is 5.91 Å². The van der Waals surface area contributed by atoms with Crippen LogP contribution in [0.2, 0.25) is 0 Å². The van der Waals surface area contributed by atoms with Crippen molar-refractivity contribution in [2.24, 2.45) is 0 Å². The third-order valence-corrected chi connectivity index (χ3v) is 4.84. The molecular weight excluding hydrogens is 324 g/mol. The van der Waals surface area contributed by atoms with Gasteiger partial charge in [-0.2, -0.15) is 0 Å². The van der Waals surface area contributed by atoms with E-state index in [1.54, 1.807) is 24.1 Å². The van der Waals surface area contributed by atoms with Crippen LogP contribution in [0.5, 0.6) is 0 Å². The highest BCUT2D eigenvalue weighted by atomic mass is 32.2. The average molecular weight is 344 g/mol. The lowest BCUT2D eigenvalue weighted by Crippen LogP contribution is -2.27. The number of amides is 1. The van der Waals surface area contributed by atoms with E-state index in [9.17, 15) is 13.2 Å². The molecule has 24 heavy (non-hydrogen) atoms. The van der Waals surface area contributed by atoms with Crippen LogP contribution in [0.4, 0.5) is 0 Å². The van der Waals surface area contributed by atoms with E-state index in [0.717, 1.165) is 5.56 Å². The minimum Gasteiger partial charge on any atom is -0.337 e. The number of benzene rings is 2. The van der Waals surface area contributed by atoms with Crippen LogP contribution in [0.1, 0.15) is 15.9 Å². The molecule has 126 valence electrons. The fraction of sp³-hybridized carbons (Fsp3) is 0.167. The number of hydrogen-bond donors (Lipinski definition) is 1. The van der Waals surface area contributed by atoms with Crippen LogP contribution in [0.3, 0.4) is 0 Å². The van der Waals surface area contributed by atoms with Crippen LogP contribution < -0.4 is 4.72 Å². The van der Waals surface area contributed by atoms with Gasteiger partial charge in [-0.15, -0.1) is 6.58 Å². The summed E-state index contributed by atoms with van der Waals surface area (Å²) in [7, 11) is -1.97. The lowest BCUT2D eigenvalue weighted by atomic mass is 10.1. The van der Waals surface area contributed by atoms with Gasteiger partial charge < -0.3 is 4.90 Å². The molecule has 0 bridgehead atoms. The van der Waals surface area contributed by atoms with Gasteiger partial charge in [-0.25, -0.2) is 13.1 Å². The molecule has 0 saturated heterocycles. The van der Waals surface area contributed by atoms with Gasteiger partial charge in [-0.05, 0) is 23.8 Å². The second kappa shape index (κ2) is 7.90. The molecule has 0 atom stereocenters. The first-order chi connectivity index (χ1) is 11.4. The second-order valence-corrected chi connectivity index (χ2v) is 7.08. The molecule has 0 aliphatic heterocycles. The Bertz CT molecular complexity index is 817. The Morgan fingerprint density at radius 3 is 2.54 bits per heavy atom. The molecule has 6 heteroatoms. The van der Waals surface area contributed by atoms with Crippen molar-refractivity contribution in [2.45, 2.75) is 11.4 Å². The van der Waals surface area contributed by atoms with Gasteiger partial charge in [0.1, 0.15) is 0 Å². The van der Waals surface area contributed by atoms with E-state index in [4.69, 9.17) is 0 Å². The maximum absolute atomic E-state index is 12.5. The monoisotopic (exact) mass is 344 g/mol. The first kappa shape index (κ1) is 17.9. The van der Waals surface area contributed by atoms with Crippen LogP contribution in [-0.2, 0) is 16.6 Å². The lowest BCUT2D eigenvalue weighted by Gasteiger charge is -2.18. The summed E-state index contributed by atoms with van der Waals surface area (Å²) in [4.78, 5) is 14.1. The molecule has 0 aromatic heterocycles. The standard InChI is InChI=1S/C18H20N2O3S/c1-3-12-19-24(22,23)17-11-7-10-16(13-17)18(21)20(2)14-15-8-5-4-6-9-15/h3-11,13,19H,1,12,14H2,2H3. The third kappa shape index (κ3) is 4.53. The summed E-state index contributed by atoms with van der Waals surface area (Å²) in [5, 5.41) is 0. The summed E-state index contributed by atoms with van der Waals surface area (Å²) in [6.07, 6.45) is 1.46. The predicted octanol–water partition coefficient (Wildman–Crippen LogP) is 2.42. The SMILES string of the molecule is C=CCNS(=O)(=O)c1cccc(C(=O)N(C)Cc2ccccc2)c1. The highest BCUT2D eigenvalue weighted by Gasteiger charge is 2.17. The van der Waals surface area contributed by atoms with Gasteiger partial charge in [-0.1, -0.05) is 42.5 Å². The van der Waals surface area contributed by atoms with Crippen molar-refractivity contribution < 1.29 is 13.2 Å². The Kier molecular flexibility index (Phi) is 5.89. The van der Waals surface area contributed by atoms with Crippen molar-refractivity contribution in [1.82, 2.24) is 9.62 Å². The first-order valence-electron chi connectivity index (χ1n) is 7.44. The lowest BCUT2D eigenvalue weighted by molar-refractivity contribution is 0.0785. The van der Waals surface area contributed by atoms with Crippen LogP contribution in [-0.4, -0.2) is 32.8 Å². The van der Waals surface area contributed by atoms with Crippen molar-refractivity contribution in [3.63, 3.8) is 0 Å². The third-order valence-electron chi connectivity index (χ3n) is 3.42. The van der Waals surface area contributed by atoms with E-state index in [0.29, 0.717) is 12.1 Å². The second-order valence-electron chi connectivity index (χ2n) is 5.32. The molecule has 0 spiro atoms. The Morgan fingerprint density at radius 2 is 1.88 bits per heavy atom. The molecule has 5 nitrogen and oxygen atoms in total. The Hall–Kier alpha value is -2.44. The van der Waals surface area contributed by atoms with E-state index in [1.165, 1.54) is 18.2 Å². The minimum absolute atomic E-state index is 0.0586. The topological polar surface area (TPSA) is 66.5 Å². The van der Waals surface area contributed by atoms with E-state index in [1.807, 2.05) is 30.3 Å². The van der Waals surface area contributed by atoms with E-state index in [2.05, 4.69) is 11.3 Å². The number of nitrogens with one attached hydrogen (secondary N) is 1. The summed E-state index contributed by atoms with van der Waals surface area (Å²) in [5.74, 6) is -0.236. The van der Waals surface area contributed by atoms with Crippen LogP contribution >= 0.6 is 0 Å². The molecule has 0 heterocycles.